The lowest BCUT2D eigenvalue weighted by Crippen LogP contribution is -2.31. The van der Waals surface area contributed by atoms with Gasteiger partial charge in [-0.25, -0.2) is 0 Å². The zero-order valence-corrected chi connectivity index (χ0v) is 7.52. The van der Waals surface area contributed by atoms with Crippen molar-refractivity contribution in [3.05, 3.63) is 0 Å². The van der Waals surface area contributed by atoms with Crippen LogP contribution in [0.5, 0.6) is 0 Å². The molecule has 1 N–H and O–H groups in total. The first-order valence-corrected chi connectivity index (χ1v) is 2.47. The maximum absolute atomic E-state index is 10.5. The molecule has 4 heteroatoms. The van der Waals surface area contributed by atoms with Crippen molar-refractivity contribution in [1.29, 1.82) is 0 Å². The Morgan fingerprint density at radius 2 is 2.11 bits per heavy atom. The predicted octanol–water partition coefficient (Wildman–Crippen LogP) is 0.345. The molecule has 0 heterocycles. The minimum atomic E-state index is -0.229. The quantitative estimate of drug-likeness (QED) is 0.650. The summed E-state index contributed by atoms with van der Waals surface area (Å²) < 4.78 is 4.40. The number of halogens is 1. The average Bonchev–Trinajstić information content (AvgIpc) is 1.84. The van der Waals surface area contributed by atoms with Crippen molar-refractivity contribution in [2.24, 2.45) is 0 Å². The van der Waals surface area contributed by atoms with E-state index in [0.717, 1.165) is 0 Å². The molecular weight excluding hydrogens is 186 g/mol. The summed E-state index contributed by atoms with van der Waals surface area (Å²) in [5.74, 6) is -0.229. The van der Waals surface area contributed by atoms with Crippen molar-refractivity contribution in [3.8, 4) is 0 Å². The molecule has 0 radical (unpaired) electrons. The summed E-state index contributed by atoms with van der Waals surface area (Å²) in [6.07, 6.45) is 0. The molecule has 3 nitrogen and oxygen atoms in total. The number of carbonyl (C=O) groups is 1. The maximum Gasteiger partial charge on any atom is 0.322 e. The molecule has 9 heavy (non-hydrogen) atoms. The zero-order valence-electron chi connectivity index (χ0n) is 5.80. The third kappa shape index (κ3) is 4.42. The largest absolute Gasteiger partial charge is 0.468 e. The van der Waals surface area contributed by atoms with Gasteiger partial charge in [-0.05, 0) is 14.0 Å². The van der Waals surface area contributed by atoms with Crippen molar-refractivity contribution in [1.82, 2.24) is 5.32 Å². The molecule has 0 saturated heterocycles. The summed E-state index contributed by atoms with van der Waals surface area (Å²) in [6, 6.07) is -0.194. The van der Waals surface area contributed by atoms with Gasteiger partial charge in [0, 0.05) is 0 Å². The molecule has 0 saturated carbocycles. The smallest absolute Gasteiger partial charge is 0.322 e. The van der Waals surface area contributed by atoms with E-state index in [1.165, 1.54) is 7.11 Å². The number of rotatable bonds is 2. The van der Waals surface area contributed by atoms with E-state index < -0.39 is 0 Å². The number of methoxy groups -OCH3 is 1. The van der Waals surface area contributed by atoms with Crippen molar-refractivity contribution in [2.75, 3.05) is 14.2 Å². The van der Waals surface area contributed by atoms with Gasteiger partial charge in [-0.2, -0.15) is 0 Å². The van der Waals surface area contributed by atoms with Crippen LogP contribution in [-0.4, -0.2) is 26.2 Å². The predicted molar refractivity (Wildman–Crippen MR) is 40.9 cm³/mol. The highest BCUT2D eigenvalue weighted by atomic mass is 79.9. The highest BCUT2D eigenvalue weighted by Crippen LogP contribution is 1.81. The lowest BCUT2D eigenvalue weighted by Gasteiger charge is -2.04. The van der Waals surface area contributed by atoms with E-state index in [1.807, 2.05) is 0 Å². The van der Waals surface area contributed by atoms with E-state index in [4.69, 9.17) is 0 Å². The molecule has 0 unspecified atom stereocenters. The molecule has 0 aliphatic rings. The Balaban J connectivity index is 0. The summed E-state index contributed by atoms with van der Waals surface area (Å²) in [5.41, 5.74) is 0. The fraction of sp³-hybridized carbons (Fsp3) is 0.800. The van der Waals surface area contributed by atoms with Crippen molar-refractivity contribution in [3.63, 3.8) is 0 Å². The van der Waals surface area contributed by atoms with Crippen LogP contribution in [0.2, 0.25) is 0 Å². The summed E-state index contributed by atoms with van der Waals surface area (Å²) in [7, 11) is 3.08. The molecule has 0 fully saturated rings. The Kier molecular flexibility index (Phi) is 7.83. The van der Waals surface area contributed by atoms with E-state index in [-0.39, 0.29) is 29.0 Å². The van der Waals surface area contributed by atoms with Gasteiger partial charge in [0.1, 0.15) is 6.04 Å². The van der Waals surface area contributed by atoms with Gasteiger partial charge >= 0.3 is 5.97 Å². The molecule has 0 amide bonds. The number of ether oxygens (including phenoxy) is 1. The monoisotopic (exact) mass is 197 g/mol. The maximum atomic E-state index is 10.5. The van der Waals surface area contributed by atoms with E-state index in [1.54, 1.807) is 14.0 Å². The molecule has 0 spiro atoms. The molecule has 0 bridgehead atoms. The molecule has 56 valence electrons. The molecular formula is C5H12BrNO2. The molecule has 0 aromatic carbocycles. The molecule has 1 atom stereocenters. The van der Waals surface area contributed by atoms with Crippen LogP contribution in [0.15, 0.2) is 0 Å². The van der Waals surface area contributed by atoms with Crippen molar-refractivity contribution in [2.45, 2.75) is 13.0 Å². The van der Waals surface area contributed by atoms with Crippen LogP contribution in [0.3, 0.4) is 0 Å². The van der Waals surface area contributed by atoms with Crippen LogP contribution >= 0.6 is 17.0 Å². The number of hydrogen-bond donors (Lipinski definition) is 1. The zero-order chi connectivity index (χ0) is 6.57. The van der Waals surface area contributed by atoms with E-state index in [2.05, 4.69) is 10.1 Å². The lowest BCUT2D eigenvalue weighted by atomic mass is 10.4. The number of likely N-dealkylation sites (N-methyl/N-ethyl adjacent to an activating group) is 1. The Morgan fingerprint density at radius 3 is 2.22 bits per heavy atom. The fourth-order valence-corrected chi connectivity index (χ4v) is 0.295. The fourth-order valence-electron chi connectivity index (χ4n) is 0.295. The van der Waals surface area contributed by atoms with Gasteiger partial charge in [0.05, 0.1) is 7.11 Å². The van der Waals surface area contributed by atoms with Gasteiger partial charge in [0.2, 0.25) is 0 Å². The molecule has 0 aliphatic heterocycles. The summed E-state index contributed by atoms with van der Waals surface area (Å²) in [4.78, 5) is 10.5. The summed E-state index contributed by atoms with van der Waals surface area (Å²) >= 11 is 0. The first kappa shape index (κ1) is 11.7. The third-order valence-corrected chi connectivity index (χ3v) is 0.988. The van der Waals surface area contributed by atoms with Crippen LogP contribution in [0.4, 0.5) is 0 Å². The van der Waals surface area contributed by atoms with Gasteiger partial charge in [0.25, 0.3) is 0 Å². The SMILES string of the molecule is Br.CN[C@@H](C)C(=O)OC. The van der Waals surface area contributed by atoms with Crippen LogP contribution in [0.25, 0.3) is 0 Å². The van der Waals surface area contributed by atoms with E-state index >= 15 is 0 Å². The van der Waals surface area contributed by atoms with Crippen LogP contribution in [0.1, 0.15) is 6.92 Å². The minimum Gasteiger partial charge on any atom is -0.468 e. The second kappa shape index (κ2) is 6.04. The molecule has 0 aliphatic carbocycles. The lowest BCUT2D eigenvalue weighted by molar-refractivity contribution is -0.142. The van der Waals surface area contributed by atoms with Gasteiger partial charge < -0.3 is 10.1 Å². The van der Waals surface area contributed by atoms with Crippen LogP contribution in [0, 0.1) is 0 Å². The topological polar surface area (TPSA) is 38.3 Å². The molecule has 0 rings (SSSR count). The second-order valence-electron chi connectivity index (χ2n) is 1.53. The Morgan fingerprint density at radius 1 is 1.67 bits per heavy atom. The van der Waals surface area contributed by atoms with Gasteiger partial charge in [-0.3, -0.25) is 4.79 Å². The van der Waals surface area contributed by atoms with Crippen molar-refractivity contribution < 1.29 is 9.53 Å². The van der Waals surface area contributed by atoms with Gasteiger partial charge in [0.15, 0.2) is 0 Å². The molecule has 0 aromatic rings. The molecule has 0 aromatic heterocycles. The highest BCUT2D eigenvalue weighted by Gasteiger charge is 2.07. The number of nitrogens with one attached hydrogen (secondary N) is 1. The average molecular weight is 198 g/mol. The Labute approximate surface area is 65.5 Å². The van der Waals surface area contributed by atoms with E-state index in [9.17, 15) is 4.79 Å². The van der Waals surface area contributed by atoms with Gasteiger partial charge in [-0.15, -0.1) is 17.0 Å². The number of carbonyl (C=O) groups excluding carboxylic acids is 1. The first-order valence-electron chi connectivity index (χ1n) is 2.47. The highest BCUT2D eigenvalue weighted by molar-refractivity contribution is 8.93. The Hall–Kier alpha value is -0.0900. The number of hydrogen-bond acceptors (Lipinski definition) is 3. The third-order valence-electron chi connectivity index (χ3n) is 0.988. The Bertz CT molecular complexity index is 87.0. The van der Waals surface area contributed by atoms with Gasteiger partial charge in [-0.1, -0.05) is 0 Å². The normalized spacial score (nSPS) is 11.4. The van der Waals surface area contributed by atoms with Crippen LogP contribution < -0.4 is 5.32 Å². The van der Waals surface area contributed by atoms with Crippen molar-refractivity contribution >= 4 is 23.0 Å². The first-order chi connectivity index (χ1) is 3.72. The standard InChI is InChI=1S/C5H11NO2.BrH/c1-4(6-2)5(7)8-3;/h4,6H,1-3H3;1H/t4-;/m0./s1. The minimum absolute atomic E-state index is 0. The summed E-state index contributed by atoms with van der Waals surface area (Å²) in [5, 5.41) is 2.74. The number of esters is 1. The van der Waals surface area contributed by atoms with Crippen LogP contribution in [-0.2, 0) is 9.53 Å². The summed E-state index contributed by atoms with van der Waals surface area (Å²) in [6.45, 7) is 1.74. The second-order valence-corrected chi connectivity index (χ2v) is 1.53. The van der Waals surface area contributed by atoms with E-state index in [0.29, 0.717) is 0 Å².